The van der Waals surface area contributed by atoms with Crippen molar-refractivity contribution in [2.45, 2.75) is 18.9 Å². The predicted octanol–water partition coefficient (Wildman–Crippen LogP) is 0.688. The van der Waals surface area contributed by atoms with Crippen LogP contribution in [0.2, 0.25) is 0 Å². The molecule has 1 amide bonds. The fourth-order valence-corrected chi connectivity index (χ4v) is 2.24. The van der Waals surface area contributed by atoms with E-state index in [1.807, 2.05) is 11.9 Å². The van der Waals surface area contributed by atoms with Crippen LogP contribution in [0, 0.1) is 0 Å². The number of ether oxygens (including phenoxy) is 2. The Morgan fingerprint density at radius 3 is 2.74 bits per heavy atom. The maximum Gasteiger partial charge on any atom is 0.289 e. The number of carbonyl (C=O) groups is 1. The molecule has 2 heterocycles. The van der Waals surface area contributed by atoms with Gasteiger partial charge < -0.3 is 18.9 Å². The minimum atomic E-state index is 0.00263. The van der Waals surface area contributed by atoms with Crippen molar-refractivity contribution in [2.24, 2.45) is 7.05 Å². The largest absolute Gasteiger partial charge is 0.382 e. The Labute approximate surface area is 113 Å². The van der Waals surface area contributed by atoms with E-state index < -0.39 is 0 Å². The lowest BCUT2D eigenvalue weighted by atomic mass is 10.1. The molecule has 0 spiro atoms. The molecule has 0 aromatic carbocycles. The molecule has 0 aliphatic carbocycles. The Bertz CT molecular complexity index is 411. The summed E-state index contributed by atoms with van der Waals surface area (Å²) in [5.41, 5.74) is 0. The molecular weight excluding hydrogens is 246 g/mol. The van der Waals surface area contributed by atoms with Crippen LogP contribution < -0.4 is 0 Å². The highest BCUT2D eigenvalue weighted by Crippen LogP contribution is 2.15. The highest BCUT2D eigenvalue weighted by atomic mass is 16.5. The fraction of sp³-hybridized carbons (Fsp3) is 0.692. The van der Waals surface area contributed by atoms with Crippen LogP contribution in [0.5, 0.6) is 0 Å². The van der Waals surface area contributed by atoms with Crippen molar-refractivity contribution in [2.75, 3.05) is 33.4 Å². The van der Waals surface area contributed by atoms with E-state index in [0.717, 1.165) is 25.9 Å². The average Bonchev–Trinajstić information content (AvgIpc) is 2.85. The Hall–Kier alpha value is -1.40. The van der Waals surface area contributed by atoms with Gasteiger partial charge in [0.15, 0.2) is 5.82 Å². The first-order valence-electron chi connectivity index (χ1n) is 6.59. The Balaban J connectivity index is 1.80. The average molecular weight is 267 g/mol. The van der Waals surface area contributed by atoms with E-state index in [0.29, 0.717) is 19.0 Å². The molecular formula is C13H21N3O3. The van der Waals surface area contributed by atoms with Crippen LogP contribution in [0.1, 0.15) is 23.5 Å². The van der Waals surface area contributed by atoms with Gasteiger partial charge in [0.05, 0.1) is 19.3 Å². The molecule has 1 saturated heterocycles. The lowest BCUT2D eigenvalue weighted by Crippen LogP contribution is -2.42. The lowest BCUT2D eigenvalue weighted by molar-refractivity contribution is -0.0125. The van der Waals surface area contributed by atoms with E-state index in [2.05, 4.69) is 4.98 Å². The van der Waals surface area contributed by atoms with Crippen LogP contribution in [-0.4, -0.2) is 59.9 Å². The smallest absolute Gasteiger partial charge is 0.289 e. The van der Waals surface area contributed by atoms with Crippen molar-refractivity contribution in [3.05, 3.63) is 18.2 Å². The van der Waals surface area contributed by atoms with Gasteiger partial charge in [-0.1, -0.05) is 0 Å². The monoisotopic (exact) mass is 267 g/mol. The van der Waals surface area contributed by atoms with Crippen LogP contribution in [0.4, 0.5) is 0 Å². The van der Waals surface area contributed by atoms with Crippen molar-refractivity contribution >= 4 is 5.91 Å². The number of hydrogen-bond donors (Lipinski definition) is 0. The van der Waals surface area contributed by atoms with Gasteiger partial charge in [0, 0.05) is 39.6 Å². The second-order valence-corrected chi connectivity index (χ2v) is 4.72. The highest BCUT2D eigenvalue weighted by molar-refractivity contribution is 5.90. The summed E-state index contributed by atoms with van der Waals surface area (Å²) in [6.07, 6.45) is 5.42. The first-order valence-corrected chi connectivity index (χ1v) is 6.59. The zero-order valence-electron chi connectivity index (χ0n) is 11.5. The van der Waals surface area contributed by atoms with Crippen molar-refractivity contribution in [3.63, 3.8) is 0 Å². The van der Waals surface area contributed by atoms with E-state index in [1.54, 1.807) is 24.1 Å². The van der Waals surface area contributed by atoms with E-state index in [1.165, 1.54) is 0 Å². The number of imidazole rings is 1. The third kappa shape index (κ3) is 3.54. The SMILES string of the molecule is COCCOC1CCN(C(=O)c2nccn2C)CC1. The maximum atomic E-state index is 12.2. The third-order valence-electron chi connectivity index (χ3n) is 3.38. The maximum absolute atomic E-state index is 12.2. The van der Waals surface area contributed by atoms with Crippen molar-refractivity contribution in [3.8, 4) is 0 Å². The van der Waals surface area contributed by atoms with Gasteiger partial charge in [0.2, 0.25) is 0 Å². The molecule has 1 aliphatic heterocycles. The molecule has 0 atom stereocenters. The van der Waals surface area contributed by atoms with Crippen molar-refractivity contribution in [1.29, 1.82) is 0 Å². The number of methoxy groups -OCH3 is 1. The summed E-state index contributed by atoms with van der Waals surface area (Å²) < 4.78 is 12.4. The summed E-state index contributed by atoms with van der Waals surface area (Å²) in [4.78, 5) is 18.2. The summed E-state index contributed by atoms with van der Waals surface area (Å²) in [6, 6.07) is 0. The van der Waals surface area contributed by atoms with Gasteiger partial charge in [-0.3, -0.25) is 4.79 Å². The lowest BCUT2D eigenvalue weighted by Gasteiger charge is -2.31. The number of aromatic nitrogens is 2. The van der Waals surface area contributed by atoms with E-state index in [9.17, 15) is 4.79 Å². The van der Waals surface area contributed by atoms with Gasteiger partial charge >= 0.3 is 0 Å². The molecule has 1 fully saturated rings. The first kappa shape index (κ1) is 14.0. The number of likely N-dealkylation sites (tertiary alicyclic amines) is 1. The van der Waals surface area contributed by atoms with Gasteiger partial charge in [-0.2, -0.15) is 0 Å². The van der Waals surface area contributed by atoms with Crippen LogP contribution in [-0.2, 0) is 16.5 Å². The second kappa shape index (κ2) is 6.68. The Morgan fingerprint density at radius 1 is 1.42 bits per heavy atom. The number of carbonyl (C=O) groups excluding carboxylic acids is 1. The molecule has 19 heavy (non-hydrogen) atoms. The number of nitrogens with zero attached hydrogens (tertiary/aromatic N) is 3. The summed E-state index contributed by atoms with van der Waals surface area (Å²) in [5.74, 6) is 0.501. The normalized spacial score (nSPS) is 16.8. The number of aryl methyl sites for hydroxylation is 1. The molecule has 6 nitrogen and oxygen atoms in total. The molecule has 0 bridgehead atoms. The standard InChI is InChI=1S/C13H21N3O3/c1-15-8-5-14-12(15)13(17)16-6-3-11(4-7-16)19-10-9-18-2/h5,8,11H,3-4,6-7,9-10H2,1-2H3. The zero-order valence-corrected chi connectivity index (χ0v) is 11.5. The summed E-state index contributed by atoms with van der Waals surface area (Å²) in [5, 5.41) is 0. The zero-order chi connectivity index (χ0) is 13.7. The molecule has 106 valence electrons. The molecule has 0 radical (unpaired) electrons. The quantitative estimate of drug-likeness (QED) is 0.736. The van der Waals surface area contributed by atoms with Crippen LogP contribution in [0.3, 0.4) is 0 Å². The molecule has 1 aliphatic rings. The molecule has 2 rings (SSSR count). The molecule has 0 unspecified atom stereocenters. The second-order valence-electron chi connectivity index (χ2n) is 4.72. The molecule has 6 heteroatoms. The summed E-state index contributed by atoms with van der Waals surface area (Å²) in [7, 11) is 3.50. The highest BCUT2D eigenvalue weighted by Gasteiger charge is 2.25. The van der Waals surface area contributed by atoms with Gasteiger partial charge in [-0.25, -0.2) is 4.98 Å². The van der Waals surface area contributed by atoms with Crippen LogP contribution >= 0.6 is 0 Å². The van der Waals surface area contributed by atoms with Gasteiger partial charge in [0.1, 0.15) is 0 Å². The number of hydrogen-bond acceptors (Lipinski definition) is 4. The number of rotatable bonds is 5. The minimum absolute atomic E-state index is 0.00263. The predicted molar refractivity (Wildman–Crippen MR) is 70.0 cm³/mol. The van der Waals surface area contributed by atoms with E-state index in [-0.39, 0.29) is 12.0 Å². The minimum Gasteiger partial charge on any atom is -0.382 e. The Morgan fingerprint density at radius 2 is 2.16 bits per heavy atom. The molecule has 0 saturated carbocycles. The first-order chi connectivity index (χ1) is 9.22. The molecule has 1 aromatic rings. The Kier molecular flexibility index (Phi) is 4.93. The fourth-order valence-electron chi connectivity index (χ4n) is 2.24. The van der Waals surface area contributed by atoms with Crippen LogP contribution in [0.25, 0.3) is 0 Å². The van der Waals surface area contributed by atoms with Crippen LogP contribution in [0.15, 0.2) is 12.4 Å². The topological polar surface area (TPSA) is 56.6 Å². The summed E-state index contributed by atoms with van der Waals surface area (Å²) >= 11 is 0. The van der Waals surface area contributed by atoms with Gasteiger partial charge in [-0.05, 0) is 12.8 Å². The third-order valence-corrected chi connectivity index (χ3v) is 3.38. The number of piperidine rings is 1. The van der Waals surface area contributed by atoms with Gasteiger partial charge in [-0.15, -0.1) is 0 Å². The molecule has 1 aromatic heterocycles. The van der Waals surface area contributed by atoms with E-state index in [4.69, 9.17) is 9.47 Å². The van der Waals surface area contributed by atoms with Gasteiger partial charge in [0.25, 0.3) is 5.91 Å². The molecule has 0 N–H and O–H groups in total. The van der Waals surface area contributed by atoms with Crippen molar-refractivity contribution in [1.82, 2.24) is 14.5 Å². The number of amides is 1. The van der Waals surface area contributed by atoms with Crippen molar-refractivity contribution < 1.29 is 14.3 Å². The van der Waals surface area contributed by atoms with E-state index >= 15 is 0 Å². The summed E-state index contributed by atoms with van der Waals surface area (Å²) in [6.45, 7) is 2.69.